The van der Waals surface area contributed by atoms with E-state index in [-0.39, 0.29) is 6.04 Å². The lowest BCUT2D eigenvalue weighted by molar-refractivity contribution is 0.336. The predicted molar refractivity (Wildman–Crippen MR) is 71.9 cm³/mol. The summed E-state index contributed by atoms with van der Waals surface area (Å²) in [6.07, 6.45) is 7.31. The summed E-state index contributed by atoms with van der Waals surface area (Å²) in [6.45, 7) is 1.30. The van der Waals surface area contributed by atoms with Crippen molar-refractivity contribution in [1.29, 1.82) is 0 Å². The van der Waals surface area contributed by atoms with Gasteiger partial charge in [-0.1, -0.05) is 6.42 Å². The van der Waals surface area contributed by atoms with Crippen molar-refractivity contribution in [1.82, 2.24) is 19.2 Å². The van der Waals surface area contributed by atoms with Gasteiger partial charge in [-0.15, -0.1) is 0 Å². The molecule has 2 heterocycles. The van der Waals surface area contributed by atoms with Crippen LogP contribution in [0.25, 0.3) is 0 Å². The van der Waals surface area contributed by atoms with Crippen molar-refractivity contribution in [2.24, 2.45) is 0 Å². The molecule has 106 valence electrons. The molecule has 1 saturated heterocycles. The fourth-order valence-electron chi connectivity index (χ4n) is 2.91. The van der Waals surface area contributed by atoms with E-state index in [2.05, 4.69) is 14.9 Å². The van der Waals surface area contributed by atoms with Gasteiger partial charge in [0.2, 0.25) is 0 Å². The van der Waals surface area contributed by atoms with Crippen LogP contribution in [0.1, 0.15) is 36.9 Å². The third kappa shape index (κ3) is 2.82. The molecule has 1 aromatic rings. The second-order valence-corrected chi connectivity index (χ2v) is 7.10. The molecule has 3 rings (SSSR count). The molecule has 0 aromatic carbocycles. The third-order valence-electron chi connectivity index (χ3n) is 3.99. The second kappa shape index (κ2) is 5.22. The van der Waals surface area contributed by atoms with Crippen LogP contribution < -0.4 is 4.72 Å². The van der Waals surface area contributed by atoms with Crippen molar-refractivity contribution < 1.29 is 8.42 Å². The van der Waals surface area contributed by atoms with Gasteiger partial charge in [-0.05, 0) is 37.7 Å². The smallest absolute Gasteiger partial charge is 0.279 e. The first-order chi connectivity index (χ1) is 9.15. The molecule has 6 nitrogen and oxygen atoms in total. The topological polar surface area (TPSA) is 78.1 Å². The zero-order valence-corrected chi connectivity index (χ0v) is 11.7. The van der Waals surface area contributed by atoms with Gasteiger partial charge in [0.15, 0.2) is 0 Å². The number of aryl methyl sites for hydroxylation is 1. The molecule has 1 fully saturated rings. The Hall–Kier alpha value is -0.920. The maximum absolute atomic E-state index is 12.3. The first-order valence-corrected chi connectivity index (χ1v) is 8.38. The van der Waals surface area contributed by atoms with Gasteiger partial charge in [0.25, 0.3) is 10.2 Å². The van der Waals surface area contributed by atoms with Gasteiger partial charge in [-0.25, -0.2) is 0 Å². The average molecular weight is 284 g/mol. The molecule has 0 saturated carbocycles. The normalized spacial score (nSPS) is 25.2. The summed E-state index contributed by atoms with van der Waals surface area (Å²) in [5, 5.41) is 6.98. The van der Waals surface area contributed by atoms with E-state index in [9.17, 15) is 8.42 Å². The second-order valence-electron chi connectivity index (χ2n) is 5.40. The molecular formula is C12H20N4O2S. The minimum Gasteiger partial charge on any atom is -0.282 e. The van der Waals surface area contributed by atoms with Gasteiger partial charge in [0.1, 0.15) is 0 Å². The lowest BCUT2D eigenvalue weighted by Crippen LogP contribution is -2.48. The Bertz CT molecular complexity index is 534. The minimum atomic E-state index is -3.32. The summed E-state index contributed by atoms with van der Waals surface area (Å²) >= 11 is 0. The SMILES string of the molecule is O=S(=O)(NC1CCc2[nH]ncc2C1)N1CCCCC1. The number of aromatic nitrogens is 2. The van der Waals surface area contributed by atoms with E-state index in [0.29, 0.717) is 13.1 Å². The van der Waals surface area contributed by atoms with Gasteiger partial charge >= 0.3 is 0 Å². The van der Waals surface area contributed by atoms with Crippen LogP contribution in [-0.4, -0.2) is 42.1 Å². The molecule has 1 aliphatic heterocycles. The highest BCUT2D eigenvalue weighted by Gasteiger charge is 2.29. The molecule has 19 heavy (non-hydrogen) atoms. The summed E-state index contributed by atoms with van der Waals surface area (Å²) in [5.74, 6) is 0. The molecule has 7 heteroatoms. The van der Waals surface area contributed by atoms with Gasteiger partial charge in [0.05, 0.1) is 6.20 Å². The summed E-state index contributed by atoms with van der Waals surface area (Å²) in [4.78, 5) is 0. The van der Waals surface area contributed by atoms with Crippen molar-refractivity contribution in [3.8, 4) is 0 Å². The summed E-state index contributed by atoms with van der Waals surface area (Å²) < 4.78 is 29.0. The molecule has 1 aromatic heterocycles. The number of nitrogens with one attached hydrogen (secondary N) is 2. The number of nitrogens with zero attached hydrogens (tertiary/aromatic N) is 2. The first kappa shape index (κ1) is 13.1. The Kier molecular flexibility index (Phi) is 3.60. The maximum Gasteiger partial charge on any atom is 0.279 e. The fourth-order valence-corrected chi connectivity index (χ4v) is 4.42. The molecule has 2 aliphatic rings. The van der Waals surface area contributed by atoms with Crippen LogP contribution in [0.3, 0.4) is 0 Å². The highest BCUT2D eigenvalue weighted by molar-refractivity contribution is 7.87. The highest BCUT2D eigenvalue weighted by Crippen LogP contribution is 2.20. The van der Waals surface area contributed by atoms with Crippen LogP contribution in [-0.2, 0) is 23.1 Å². The number of fused-ring (bicyclic) bond motifs is 1. The van der Waals surface area contributed by atoms with Crippen molar-refractivity contribution in [3.05, 3.63) is 17.5 Å². The van der Waals surface area contributed by atoms with E-state index in [1.807, 2.05) is 0 Å². The molecule has 2 N–H and O–H groups in total. The average Bonchev–Trinajstić information content (AvgIpc) is 2.87. The van der Waals surface area contributed by atoms with E-state index in [4.69, 9.17) is 0 Å². The summed E-state index contributed by atoms with van der Waals surface area (Å²) in [6, 6.07) is -0.00275. The standard InChI is InChI=1S/C12H20N4O2S/c17-19(18,16-6-2-1-3-7-16)15-11-4-5-12-10(8-11)9-13-14-12/h9,11,15H,1-8H2,(H,13,14). The van der Waals surface area contributed by atoms with E-state index < -0.39 is 10.2 Å². The number of aromatic amines is 1. The van der Waals surface area contributed by atoms with Crippen LogP contribution >= 0.6 is 0 Å². The number of rotatable bonds is 3. The van der Waals surface area contributed by atoms with Gasteiger partial charge in [0, 0.05) is 24.8 Å². The van der Waals surface area contributed by atoms with Crippen LogP contribution in [0.5, 0.6) is 0 Å². The minimum absolute atomic E-state index is 0.00275. The number of hydrogen-bond acceptors (Lipinski definition) is 3. The molecule has 0 spiro atoms. The molecule has 1 unspecified atom stereocenters. The van der Waals surface area contributed by atoms with Crippen LogP contribution in [0.2, 0.25) is 0 Å². The molecule has 1 aliphatic carbocycles. The van der Waals surface area contributed by atoms with Crippen LogP contribution in [0, 0.1) is 0 Å². The zero-order chi connectivity index (χ0) is 13.3. The van der Waals surface area contributed by atoms with Gasteiger partial charge < -0.3 is 0 Å². The Morgan fingerprint density at radius 1 is 1.32 bits per heavy atom. The highest BCUT2D eigenvalue weighted by atomic mass is 32.2. The lowest BCUT2D eigenvalue weighted by Gasteiger charge is -2.29. The van der Waals surface area contributed by atoms with Crippen molar-refractivity contribution >= 4 is 10.2 Å². The molecule has 0 bridgehead atoms. The summed E-state index contributed by atoms with van der Waals surface area (Å²) in [5.41, 5.74) is 2.28. The molecule has 0 amide bonds. The van der Waals surface area contributed by atoms with E-state index >= 15 is 0 Å². The van der Waals surface area contributed by atoms with Crippen molar-refractivity contribution in [2.75, 3.05) is 13.1 Å². The van der Waals surface area contributed by atoms with Gasteiger partial charge in [-0.3, -0.25) is 5.10 Å². The van der Waals surface area contributed by atoms with Gasteiger partial charge in [-0.2, -0.15) is 22.5 Å². The van der Waals surface area contributed by atoms with Crippen LogP contribution in [0.15, 0.2) is 6.20 Å². The summed E-state index contributed by atoms with van der Waals surface area (Å²) in [7, 11) is -3.32. The Balaban J connectivity index is 1.65. The zero-order valence-electron chi connectivity index (χ0n) is 10.9. The van der Waals surface area contributed by atoms with Crippen molar-refractivity contribution in [3.63, 3.8) is 0 Å². The van der Waals surface area contributed by atoms with E-state index in [1.165, 1.54) is 0 Å². The predicted octanol–water partition coefficient (Wildman–Crippen LogP) is 0.587. The van der Waals surface area contributed by atoms with E-state index in [1.54, 1.807) is 10.5 Å². The lowest BCUT2D eigenvalue weighted by atomic mass is 9.94. The van der Waals surface area contributed by atoms with E-state index in [0.717, 1.165) is 49.8 Å². The third-order valence-corrected chi connectivity index (χ3v) is 5.66. The largest absolute Gasteiger partial charge is 0.282 e. The van der Waals surface area contributed by atoms with Crippen molar-refractivity contribution in [2.45, 2.75) is 44.6 Å². The van der Waals surface area contributed by atoms with Crippen LogP contribution in [0.4, 0.5) is 0 Å². The molecule has 0 radical (unpaired) electrons. The number of hydrogen-bond donors (Lipinski definition) is 2. The Labute approximate surface area is 113 Å². The fraction of sp³-hybridized carbons (Fsp3) is 0.750. The molecule has 1 atom stereocenters. The number of H-pyrrole nitrogens is 1. The Morgan fingerprint density at radius 3 is 2.89 bits per heavy atom. The first-order valence-electron chi connectivity index (χ1n) is 6.94. The quantitative estimate of drug-likeness (QED) is 0.852. The molecular weight excluding hydrogens is 264 g/mol. The maximum atomic E-state index is 12.3. The number of piperidine rings is 1. The monoisotopic (exact) mass is 284 g/mol. The Morgan fingerprint density at radius 2 is 2.11 bits per heavy atom.